The van der Waals surface area contributed by atoms with E-state index in [0.29, 0.717) is 5.82 Å². The molecule has 2 rings (SSSR count). The summed E-state index contributed by atoms with van der Waals surface area (Å²) in [6.07, 6.45) is 0. The van der Waals surface area contributed by atoms with Gasteiger partial charge in [0, 0.05) is 16.9 Å². The predicted octanol–water partition coefficient (Wildman–Crippen LogP) is 4.46. The topological polar surface area (TPSA) is 46.9 Å². The fourth-order valence-electron chi connectivity index (χ4n) is 2.02. The second-order valence-electron chi connectivity index (χ2n) is 8.12. The Balaban J connectivity index is 2.49. The van der Waals surface area contributed by atoms with E-state index < -0.39 is 5.41 Å². The Labute approximate surface area is 138 Å². The lowest BCUT2D eigenvalue weighted by atomic mass is 9.92. The number of aromatic nitrogens is 2. The molecule has 0 fully saturated rings. The summed E-state index contributed by atoms with van der Waals surface area (Å²) in [7, 11) is 0. The van der Waals surface area contributed by atoms with Crippen LogP contribution in [0.1, 0.15) is 52.8 Å². The molecule has 1 amide bonds. The molecule has 1 heterocycles. The number of hydrogen-bond donors (Lipinski definition) is 1. The van der Waals surface area contributed by atoms with Crippen molar-refractivity contribution in [2.24, 2.45) is 5.41 Å². The van der Waals surface area contributed by atoms with Crippen LogP contribution < -0.4 is 5.32 Å². The molecule has 0 atom stereocenters. The third-order valence-corrected chi connectivity index (χ3v) is 3.68. The molecule has 4 nitrogen and oxygen atoms in total. The first-order valence-corrected chi connectivity index (χ1v) is 7.97. The number of hydrogen-bond acceptors (Lipinski definition) is 2. The molecule has 0 aliphatic heterocycles. The van der Waals surface area contributed by atoms with Crippen LogP contribution in [0.25, 0.3) is 5.69 Å². The lowest BCUT2D eigenvalue weighted by molar-refractivity contribution is -0.123. The minimum atomic E-state index is -0.454. The standard InChI is InChI=1S/C19H27N3O/c1-13-8-10-14(11-9-13)22-16(20-17(23)19(5,6)7)12-15(21-22)18(2,3)4/h8-12H,1-7H3,(H,20,23). The predicted molar refractivity (Wildman–Crippen MR) is 95.1 cm³/mol. The summed E-state index contributed by atoms with van der Waals surface area (Å²) in [5.74, 6) is 0.685. The molecule has 0 saturated heterocycles. The summed E-state index contributed by atoms with van der Waals surface area (Å²) < 4.78 is 1.81. The number of nitrogens with zero attached hydrogens (tertiary/aromatic N) is 2. The van der Waals surface area contributed by atoms with E-state index in [1.165, 1.54) is 5.56 Å². The van der Waals surface area contributed by atoms with Crippen molar-refractivity contribution in [1.82, 2.24) is 9.78 Å². The molecule has 1 N–H and O–H groups in total. The molecule has 0 saturated carbocycles. The van der Waals surface area contributed by atoms with Gasteiger partial charge in [0.05, 0.1) is 11.4 Å². The molecule has 0 aliphatic rings. The highest BCUT2D eigenvalue weighted by molar-refractivity contribution is 5.94. The first-order valence-electron chi connectivity index (χ1n) is 7.97. The van der Waals surface area contributed by atoms with Crippen LogP contribution in [-0.2, 0) is 10.2 Å². The number of carbonyl (C=O) groups is 1. The van der Waals surface area contributed by atoms with Gasteiger partial charge in [-0.05, 0) is 19.1 Å². The van der Waals surface area contributed by atoms with Crippen molar-refractivity contribution in [2.45, 2.75) is 53.9 Å². The molecule has 0 bridgehead atoms. The van der Waals surface area contributed by atoms with Crippen LogP contribution in [0, 0.1) is 12.3 Å². The van der Waals surface area contributed by atoms with Crippen molar-refractivity contribution in [3.05, 3.63) is 41.6 Å². The second kappa shape index (κ2) is 5.84. The molecular weight excluding hydrogens is 286 g/mol. The van der Waals surface area contributed by atoms with E-state index in [9.17, 15) is 4.79 Å². The largest absolute Gasteiger partial charge is 0.310 e. The van der Waals surface area contributed by atoms with E-state index in [1.807, 2.05) is 55.8 Å². The maximum Gasteiger partial charge on any atom is 0.230 e. The summed E-state index contributed by atoms with van der Waals surface area (Å²) in [6.45, 7) is 14.1. The van der Waals surface area contributed by atoms with Crippen molar-refractivity contribution >= 4 is 11.7 Å². The lowest BCUT2D eigenvalue weighted by Crippen LogP contribution is -2.28. The average Bonchev–Trinajstić information content (AvgIpc) is 2.82. The molecule has 4 heteroatoms. The van der Waals surface area contributed by atoms with Crippen LogP contribution in [-0.4, -0.2) is 15.7 Å². The van der Waals surface area contributed by atoms with Gasteiger partial charge in [-0.3, -0.25) is 4.79 Å². The van der Waals surface area contributed by atoms with Crippen molar-refractivity contribution in [1.29, 1.82) is 0 Å². The van der Waals surface area contributed by atoms with Gasteiger partial charge in [-0.1, -0.05) is 59.2 Å². The van der Waals surface area contributed by atoms with Crippen LogP contribution in [0.3, 0.4) is 0 Å². The fourth-order valence-corrected chi connectivity index (χ4v) is 2.02. The number of nitrogens with one attached hydrogen (secondary N) is 1. The van der Waals surface area contributed by atoms with Crippen LogP contribution in [0.5, 0.6) is 0 Å². The summed E-state index contributed by atoms with van der Waals surface area (Å²) in [6, 6.07) is 10.1. The van der Waals surface area contributed by atoms with Gasteiger partial charge in [-0.25, -0.2) is 4.68 Å². The van der Waals surface area contributed by atoms with E-state index >= 15 is 0 Å². The third kappa shape index (κ3) is 4.01. The van der Waals surface area contributed by atoms with Crippen LogP contribution in [0.4, 0.5) is 5.82 Å². The van der Waals surface area contributed by atoms with Crippen LogP contribution >= 0.6 is 0 Å². The summed E-state index contributed by atoms with van der Waals surface area (Å²) >= 11 is 0. The zero-order valence-corrected chi connectivity index (χ0v) is 15.2. The highest BCUT2D eigenvalue weighted by Gasteiger charge is 2.25. The Morgan fingerprint density at radius 3 is 2.09 bits per heavy atom. The van der Waals surface area contributed by atoms with Gasteiger partial charge in [-0.15, -0.1) is 0 Å². The Bertz CT molecular complexity index is 698. The molecule has 23 heavy (non-hydrogen) atoms. The molecule has 1 aromatic heterocycles. The van der Waals surface area contributed by atoms with E-state index in [-0.39, 0.29) is 11.3 Å². The maximum atomic E-state index is 12.4. The summed E-state index contributed by atoms with van der Waals surface area (Å²) in [4.78, 5) is 12.4. The Morgan fingerprint density at radius 1 is 1.04 bits per heavy atom. The zero-order valence-electron chi connectivity index (χ0n) is 15.2. The normalized spacial score (nSPS) is 12.3. The zero-order chi connectivity index (χ0) is 17.4. The SMILES string of the molecule is Cc1ccc(-n2nc(C(C)(C)C)cc2NC(=O)C(C)(C)C)cc1. The Kier molecular flexibility index (Phi) is 4.38. The van der Waals surface area contributed by atoms with E-state index in [2.05, 4.69) is 33.0 Å². The van der Waals surface area contributed by atoms with Gasteiger partial charge in [0.2, 0.25) is 5.91 Å². The second-order valence-corrected chi connectivity index (χ2v) is 8.12. The minimum Gasteiger partial charge on any atom is -0.310 e. The van der Waals surface area contributed by atoms with Crippen molar-refractivity contribution in [3.8, 4) is 5.69 Å². The monoisotopic (exact) mass is 313 g/mol. The first kappa shape index (κ1) is 17.3. The maximum absolute atomic E-state index is 12.4. The number of rotatable bonds is 2. The van der Waals surface area contributed by atoms with Crippen molar-refractivity contribution < 1.29 is 4.79 Å². The number of carbonyl (C=O) groups excluding carboxylic acids is 1. The van der Waals surface area contributed by atoms with Crippen LogP contribution in [0.2, 0.25) is 0 Å². The lowest BCUT2D eigenvalue weighted by Gasteiger charge is -2.18. The van der Waals surface area contributed by atoms with Crippen molar-refractivity contribution in [3.63, 3.8) is 0 Å². The molecular formula is C19H27N3O. The number of anilines is 1. The summed E-state index contributed by atoms with van der Waals surface area (Å²) in [5.41, 5.74) is 2.54. The van der Waals surface area contributed by atoms with Gasteiger partial charge in [-0.2, -0.15) is 5.10 Å². The Morgan fingerprint density at radius 2 is 1.61 bits per heavy atom. The molecule has 1 aromatic carbocycles. The Hall–Kier alpha value is -2.10. The van der Waals surface area contributed by atoms with Crippen LogP contribution in [0.15, 0.2) is 30.3 Å². The highest BCUT2D eigenvalue weighted by Crippen LogP contribution is 2.27. The first-order chi connectivity index (χ1) is 10.5. The fraction of sp³-hybridized carbons (Fsp3) is 0.474. The summed E-state index contributed by atoms with van der Waals surface area (Å²) in [5, 5.41) is 7.74. The molecule has 0 unspecified atom stereocenters. The minimum absolute atomic E-state index is 0.0220. The highest BCUT2D eigenvalue weighted by atomic mass is 16.2. The van der Waals surface area contributed by atoms with Gasteiger partial charge < -0.3 is 5.32 Å². The van der Waals surface area contributed by atoms with E-state index in [1.54, 1.807) is 0 Å². The smallest absolute Gasteiger partial charge is 0.230 e. The van der Waals surface area contributed by atoms with Crippen molar-refractivity contribution in [2.75, 3.05) is 5.32 Å². The molecule has 0 aliphatic carbocycles. The van der Waals surface area contributed by atoms with Gasteiger partial charge in [0.25, 0.3) is 0 Å². The number of benzene rings is 1. The molecule has 2 aromatic rings. The van der Waals surface area contributed by atoms with Gasteiger partial charge in [0.1, 0.15) is 5.82 Å². The van der Waals surface area contributed by atoms with Gasteiger partial charge >= 0.3 is 0 Å². The molecule has 0 radical (unpaired) electrons. The third-order valence-electron chi connectivity index (χ3n) is 3.68. The molecule has 0 spiro atoms. The number of amides is 1. The molecule has 124 valence electrons. The average molecular weight is 313 g/mol. The number of aryl methyl sites for hydroxylation is 1. The van der Waals surface area contributed by atoms with Gasteiger partial charge in [0.15, 0.2) is 0 Å². The van der Waals surface area contributed by atoms with E-state index in [0.717, 1.165) is 11.4 Å². The van der Waals surface area contributed by atoms with E-state index in [4.69, 9.17) is 5.10 Å². The quantitative estimate of drug-likeness (QED) is 0.889.